The molecule has 9 heteroatoms. The normalized spacial score (nSPS) is 12.7. The molecule has 0 aliphatic rings. The molecule has 0 aliphatic carbocycles. The predicted molar refractivity (Wildman–Crippen MR) is 156 cm³/mol. The number of ketones is 1. The van der Waals surface area contributed by atoms with E-state index in [2.05, 4.69) is 58.2 Å². The topological polar surface area (TPSA) is 91.4 Å². The summed E-state index contributed by atoms with van der Waals surface area (Å²) in [6.45, 7) is 15.4. The van der Waals surface area contributed by atoms with Gasteiger partial charge in [-0.25, -0.2) is 4.98 Å². The number of allylic oxidation sites excluding steroid dienone is 1. The molecule has 1 aromatic heterocycles. The summed E-state index contributed by atoms with van der Waals surface area (Å²) in [7, 11) is 0. The van der Waals surface area contributed by atoms with Gasteiger partial charge in [-0.15, -0.1) is 0 Å². The predicted octanol–water partition coefficient (Wildman–Crippen LogP) is 6.09. The summed E-state index contributed by atoms with van der Waals surface area (Å²) in [6.07, 6.45) is 4.82. The number of aldehydes is 1. The summed E-state index contributed by atoms with van der Waals surface area (Å²) >= 11 is 3.16. The van der Waals surface area contributed by atoms with E-state index in [0.717, 1.165) is 63.2 Å². The van der Waals surface area contributed by atoms with E-state index in [1.54, 1.807) is 16.7 Å². The van der Waals surface area contributed by atoms with Crippen molar-refractivity contribution >= 4 is 56.4 Å². The summed E-state index contributed by atoms with van der Waals surface area (Å²) in [5.41, 5.74) is 4.37. The van der Waals surface area contributed by atoms with Gasteiger partial charge in [0.25, 0.3) is 0 Å². The van der Waals surface area contributed by atoms with Gasteiger partial charge in [0.15, 0.2) is 5.13 Å². The smallest absolute Gasteiger partial charge is 0.242 e. The largest absolute Gasteiger partial charge is 0.373 e. The van der Waals surface area contributed by atoms with E-state index >= 15 is 0 Å². The Kier molecular flexibility index (Phi) is 12.6. The lowest BCUT2D eigenvalue weighted by Gasteiger charge is -2.22. The Hall–Kier alpha value is -2.39. The highest BCUT2D eigenvalue weighted by Crippen LogP contribution is 2.38. The van der Waals surface area contributed by atoms with E-state index in [-0.39, 0.29) is 31.3 Å². The van der Waals surface area contributed by atoms with E-state index in [4.69, 9.17) is 4.98 Å². The highest BCUT2D eigenvalue weighted by atomic mass is 32.2. The lowest BCUT2D eigenvalue weighted by molar-refractivity contribution is -0.133. The minimum Gasteiger partial charge on any atom is -0.373 e. The molecular formula is C28H42N4O3S2. The van der Waals surface area contributed by atoms with Crippen LogP contribution in [0.3, 0.4) is 0 Å². The second-order valence-electron chi connectivity index (χ2n) is 9.63. The van der Waals surface area contributed by atoms with Crippen LogP contribution >= 0.6 is 23.1 Å². The van der Waals surface area contributed by atoms with Crippen molar-refractivity contribution < 1.29 is 14.4 Å². The molecule has 2 aromatic rings. The molecule has 37 heavy (non-hydrogen) atoms. The highest BCUT2D eigenvalue weighted by Gasteiger charge is 2.18. The van der Waals surface area contributed by atoms with E-state index < -0.39 is 0 Å². The number of carbonyl (C=O) groups is 3. The quantitative estimate of drug-likeness (QED) is 0.194. The van der Waals surface area contributed by atoms with Crippen molar-refractivity contribution in [2.45, 2.75) is 79.0 Å². The molecule has 0 radical (unpaired) electrons. The number of fused-ring (bicyclic) bond motifs is 1. The van der Waals surface area contributed by atoms with Gasteiger partial charge >= 0.3 is 0 Å². The molecule has 1 heterocycles. The van der Waals surface area contributed by atoms with Gasteiger partial charge in [0.1, 0.15) is 12.1 Å². The number of nitrogens with zero attached hydrogens (tertiary/aromatic N) is 2. The number of nitrogens with one attached hydrogen (secondary N) is 2. The van der Waals surface area contributed by atoms with Crippen LogP contribution in [0.25, 0.3) is 10.2 Å². The Labute approximate surface area is 229 Å². The third-order valence-electron chi connectivity index (χ3n) is 6.66. The summed E-state index contributed by atoms with van der Waals surface area (Å²) in [5, 5.41) is 8.12. The van der Waals surface area contributed by atoms with E-state index in [1.165, 1.54) is 23.8 Å². The molecule has 7 nitrogen and oxygen atoms in total. The average molecular weight is 547 g/mol. The van der Waals surface area contributed by atoms with Gasteiger partial charge < -0.3 is 20.3 Å². The van der Waals surface area contributed by atoms with E-state index in [9.17, 15) is 14.4 Å². The molecule has 0 aliphatic heterocycles. The molecule has 1 aromatic carbocycles. The Bertz CT molecular complexity index is 1130. The maximum atomic E-state index is 12.9. The van der Waals surface area contributed by atoms with Gasteiger partial charge in [-0.05, 0) is 75.6 Å². The van der Waals surface area contributed by atoms with Crippen molar-refractivity contribution in [2.24, 2.45) is 5.92 Å². The van der Waals surface area contributed by atoms with Crippen LogP contribution in [0.1, 0.15) is 71.4 Å². The number of carbonyl (C=O) groups excluding carboxylic acids is 3. The van der Waals surface area contributed by atoms with Crippen molar-refractivity contribution in [2.75, 3.05) is 31.5 Å². The monoisotopic (exact) mass is 546 g/mol. The zero-order valence-electron chi connectivity index (χ0n) is 23.3. The molecule has 0 bridgehead atoms. The number of aryl methyl sites for hydroxylation is 1. The van der Waals surface area contributed by atoms with Crippen LogP contribution in [0.5, 0.6) is 0 Å². The molecule has 1 atom stereocenters. The maximum absolute atomic E-state index is 12.9. The van der Waals surface area contributed by atoms with Gasteiger partial charge in [-0.2, -0.15) is 0 Å². The molecule has 0 saturated heterocycles. The molecule has 204 valence electrons. The number of Topliss-reactive ketones (excluding diaryl/α,β-unsaturated/α-hetero) is 1. The first-order valence-corrected chi connectivity index (χ1v) is 14.7. The van der Waals surface area contributed by atoms with Crippen LogP contribution in [0.4, 0.5) is 5.13 Å². The number of rotatable bonds is 16. The van der Waals surface area contributed by atoms with E-state index in [1.807, 2.05) is 0 Å². The number of hydrogen-bond acceptors (Lipinski definition) is 8. The van der Waals surface area contributed by atoms with Crippen LogP contribution in [-0.4, -0.2) is 54.0 Å². The lowest BCUT2D eigenvalue weighted by Crippen LogP contribution is -2.39. The zero-order valence-corrected chi connectivity index (χ0v) is 25.0. The number of thiazole rings is 1. The average Bonchev–Trinajstić information content (AvgIpc) is 3.29. The van der Waals surface area contributed by atoms with E-state index in [0.29, 0.717) is 17.6 Å². The first kappa shape index (κ1) is 30.8. The molecule has 2 N–H and O–H groups in total. The molecule has 2 rings (SSSR count). The highest BCUT2D eigenvalue weighted by molar-refractivity contribution is 8.03. The van der Waals surface area contributed by atoms with Crippen LogP contribution < -0.4 is 10.6 Å². The molecule has 0 saturated carbocycles. The minimum absolute atomic E-state index is 0.0117. The summed E-state index contributed by atoms with van der Waals surface area (Å²) < 4.78 is 1.04. The van der Waals surface area contributed by atoms with Crippen molar-refractivity contribution in [1.82, 2.24) is 15.2 Å². The van der Waals surface area contributed by atoms with Crippen molar-refractivity contribution in [1.29, 1.82) is 0 Å². The van der Waals surface area contributed by atoms with Crippen LogP contribution in [-0.2, 0) is 14.4 Å². The number of hydrogen-bond donors (Lipinski definition) is 2. The number of anilines is 1. The fraction of sp³-hybridized carbons (Fsp3) is 0.571. The maximum Gasteiger partial charge on any atom is 0.242 e. The molecule has 0 spiro atoms. The van der Waals surface area contributed by atoms with Crippen molar-refractivity contribution in [3.63, 3.8) is 0 Å². The number of aromatic nitrogens is 1. The lowest BCUT2D eigenvalue weighted by atomic mass is 10.0. The third kappa shape index (κ3) is 9.14. The van der Waals surface area contributed by atoms with Crippen LogP contribution in [0.2, 0.25) is 0 Å². The van der Waals surface area contributed by atoms with Crippen LogP contribution in [0, 0.1) is 19.8 Å². The van der Waals surface area contributed by atoms with Crippen LogP contribution in [0.15, 0.2) is 21.6 Å². The molecular weight excluding hydrogens is 504 g/mol. The standard InChI is InChI=1S/C28H42N4O3S2/c1-8-18(3)11-10-13-32(17-20(5)34)25(35)16-30-28-31-26-22(7)21(6)23(15-24(26)37-28)36-27(19(4)9-2)29-12-14-33/h14-15,18,29H,8-13,16-17H2,1-7H3,(H,30,31). The zero-order chi connectivity index (χ0) is 27.5. The van der Waals surface area contributed by atoms with Gasteiger partial charge in [0.2, 0.25) is 5.91 Å². The first-order valence-electron chi connectivity index (χ1n) is 13.1. The first-order chi connectivity index (χ1) is 17.6. The van der Waals surface area contributed by atoms with Crippen molar-refractivity contribution in [3.8, 4) is 0 Å². The fourth-order valence-corrected chi connectivity index (χ4v) is 6.02. The molecule has 1 amide bonds. The Balaban J connectivity index is 2.17. The van der Waals surface area contributed by atoms with Gasteiger partial charge in [0.05, 0.1) is 34.9 Å². The minimum atomic E-state index is -0.0890. The summed E-state index contributed by atoms with van der Waals surface area (Å²) in [5.74, 6) is 0.513. The Morgan fingerprint density at radius 3 is 2.57 bits per heavy atom. The SMILES string of the molecule is CCC(C)=C(NCC=O)Sc1cc2sc(NCC(=O)N(CCCC(C)CC)CC(C)=O)nc2c(C)c1C. The summed E-state index contributed by atoms with van der Waals surface area (Å²) in [4.78, 5) is 43.1. The fourth-order valence-electron chi connectivity index (χ4n) is 3.81. The van der Waals surface area contributed by atoms with Gasteiger partial charge in [0, 0.05) is 11.4 Å². The third-order valence-corrected chi connectivity index (χ3v) is 8.96. The number of benzene rings is 1. The Morgan fingerprint density at radius 1 is 1.22 bits per heavy atom. The molecule has 0 fully saturated rings. The second-order valence-corrected chi connectivity index (χ2v) is 11.7. The number of thioether (sulfide) groups is 1. The van der Waals surface area contributed by atoms with Gasteiger partial charge in [-0.1, -0.05) is 50.3 Å². The van der Waals surface area contributed by atoms with Gasteiger partial charge in [-0.3, -0.25) is 9.59 Å². The Morgan fingerprint density at radius 2 is 1.95 bits per heavy atom. The second kappa shape index (κ2) is 15.1. The van der Waals surface area contributed by atoms with Crippen molar-refractivity contribution in [3.05, 3.63) is 27.8 Å². The summed E-state index contributed by atoms with van der Waals surface area (Å²) in [6, 6.07) is 2.13. The molecule has 1 unspecified atom stereocenters. The number of amides is 1.